The summed E-state index contributed by atoms with van der Waals surface area (Å²) >= 11 is 0. The average Bonchev–Trinajstić information content (AvgIpc) is 3.63. The lowest BCUT2D eigenvalue weighted by molar-refractivity contribution is -0.0167. The maximum absolute atomic E-state index is 13.9. The Hall–Kier alpha value is -4.18. The Morgan fingerprint density at radius 3 is 2.81 bits per heavy atom. The van der Waals surface area contributed by atoms with Crippen molar-refractivity contribution in [3.8, 4) is 23.3 Å². The molecular weight excluding hydrogens is 537 g/mol. The number of hydrogen-bond acceptors (Lipinski definition) is 10. The fourth-order valence-corrected chi connectivity index (χ4v) is 6.10. The molecule has 218 valence electrons. The number of aromatic amines is 1. The van der Waals surface area contributed by atoms with Crippen molar-refractivity contribution in [3.63, 3.8) is 0 Å². The van der Waals surface area contributed by atoms with Crippen LogP contribution in [0.1, 0.15) is 24.8 Å². The van der Waals surface area contributed by atoms with Gasteiger partial charge in [-0.3, -0.25) is 10.00 Å². The number of likely N-dealkylation sites (N-methyl/N-ethyl adjacent to an activating group) is 1. The number of aliphatic hydroxyl groups is 1. The molecule has 2 fully saturated rings. The first-order valence-corrected chi connectivity index (χ1v) is 14.2. The smallest absolute Gasteiger partial charge is 0.320 e. The van der Waals surface area contributed by atoms with Gasteiger partial charge < -0.3 is 19.6 Å². The standard InChI is InChI=1S/C30H34FN9O2/c1-18-6-8-24-23(15-33-37-24)26(18)25-9-7-22-27(34-25)35-30(42-17-21-5-4-12-38(21)3)36-28(22)39-13-14-40(29(41)19(2)31)20(16-39)10-11-32/h6-9,15,20-21,29,41H,2,4-5,10,12-14,16-17H2,1,3H3,(H,33,37)/t20-,21-,29?/m0/s1. The quantitative estimate of drug-likeness (QED) is 0.324. The van der Waals surface area contributed by atoms with E-state index in [2.05, 4.69) is 34.8 Å². The van der Waals surface area contributed by atoms with Crippen molar-refractivity contribution in [1.29, 1.82) is 5.26 Å². The molecule has 0 saturated carbocycles. The summed E-state index contributed by atoms with van der Waals surface area (Å²) in [4.78, 5) is 20.5. The predicted octanol–water partition coefficient (Wildman–Crippen LogP) is 3.56. The molecule has 42 heavy (non-hydrogen) atoms. The van der Waals surface area contributed by atoms with Gasteiger partial charge in [0, 0.05) is 42.7 Å². The molecule has 0 radical (unpaired) electrons. The summed E-state index contributed by atoms with van der Waals surface area (Å²) in [6, 6.07) is 10.2. The molecule has 0 amide bonds. The third kappa shape index (κ3) is 5.27. The lowest BCUT2D eigenvalue weighted by atomic mass is 10.0. The molecule has 0 aliphatic carbocycles. The van der Waals surface area contributed by atoms with Gasteiger partial charge in [-0.2, -0.15) is 20.3 Å². The number of hydrogen-bond donors (Lipinski definition) is 2. The van der Waals surface area contributed by atoms with Gasteiger partial charge >= 0.3 is 6.01 Å². The van der Waals surface area contributed by atoms with Crippen LogP contribution in [-0.4, -0.2) is 98.2 Å². The highest BCUT2D eigenvalue weighted by Gasteiger charge is 2.34. The number of H-pyrrole nitrogens is 1. The molecule has 11 nitrogen and oxygen atoms in total. The molecule has 2 saturated heterocycles. The Labute approximate surface area is 243 Å². The van der Waals surface area contributed by atoms with Crippen LogP contribution in [0.15, 0.2) is 42.9 Å². The van der Waals surface area contributed by atoms with Gasteiger partial charge in [0.05, 0.1) is 35.3 Å². The van der Waals surface area contributed by atoms with E-state index in [1.165, 1.54) is 0 Å². The maximum Gasteiger partial charge on any atom is 0.320 e. The number of nitrogens with one attached hydrogen (secondary N) is 1. The number of benzene rings is 1. The van der Waals surface area contributed by atoms with Crippen molar-refractivity contribution < 1.29 is 14.2 Å². The molecule has 1 unspecified atom stereocenters. The molecule has 4 aromatic rings. The number of nitriles is 1. The summed E-state index contributed by atoms with van der Waals surface area (Å²) in [6.07, 6.45) is 2.62. The Balaban J connectivity index is 1.40. The summed E-state index contributed by atoms with van der Waals surface area (Å²) in [5.41, 5.74) is 4.21. The topological polar surface area (TPSA) is 130 Å². The number of piperazine rings is 1. The third-order valence-electron chi connectivity index (χ3n) is 8.43. The van der Waals surface area contributed by atoms with Crippen molar-refractivity contribution in [3.05, 3.63) is 48.4 Å². The molecule has 2 N–H and O–H groups in total. The fourth-order valence-electron chi connectivity index (χ4n) is 6.10. The summed E-state index contributed by atoms with van der Waals surface area (Å²) in [5.74, 6) is -0.214. The highest BCUT2D eigenvalue weighted by Crippen LogP contribution is 2.34. The number of nitrogens with zero attached hydrogens (tertiary/aromatic N) is 8. The predicted molar refractivity (Wildman–Crippen MR) is 157 cm³/mol. The van der Waals surface area contributed by atoms with Gasteiger partial charge in [0.1, 0.15) is 18.3 Å². The number of aromatic nitrogens is 5. The Kier molecular flexibility index (Phi) is 7.72. The molecule has 12 heteroatoms. The zero-order chi connectivity index (χ0) is 29.4. The summed E-state index contributed by atoms with van der Waals surface area (Å²) in [6.45, 7) is 7.91. The van der Waals surface area contributed by atoms with Crippen molar-refractivity contribution in [2.75, 3.05) is 44.7 Å². The number of anilines is 1. The SMILES string of the molecule is C=C(F)C(O)N1CCN(c2nc(OC[C@@H]3CCCN3C)nc3nc(-c4c(C)ccc5[nH]ncc45)ccc23)C[C@@H]1CC#N. The Morgan fingerprint density at radius 2 is 2.05 bits per heavy atom. The zero-order valence-electron chi connectivity index (χ0n) is 23.8. The van der Waals surface area contributed by atoms with Crippen molar-refractivity contribution in [2.24, 2.45) is 0 Å². The fraction of sp³-hybridized carbons (Fsp3) is 0.433. The number of aryl methyl sites for hydroxylation is 1. The van der Waals surface area contributed by atoms with Gasteiger partial charge in [-0.1, -0.05) is 12.6 Å². The van der Waals surface area contributed by atoms with Crippen LogP contribution in [-0.2, 0) is 0 Å². The summed E-state index contributed by atoms with van der Waals surface area (Å²) < 4.78 is 20.0. The lowest BCUT2D eigenvalue weighted by Crippen LogP contribution is -2.57. The van der Waals surface area contributed by atoms with Gasteiger partial charge in [0.2, 0.25) is 0 Å². The summed E-state index contributed by atoms with van der Waals surface area (Å²) in [7, 11) is 2.09. The number of fused-ring (bicyclic) bond motifs is 2. The molecule has 3 aromatic heterocycles. The first kappa shape index (κ1) is 28.0. The normalized spacial score (nSPS) is 20.7. The molecule has 0 spiro atoms. The first-order chi connectivity index (χ1) is 20.3. The number of aliphatic hydroxyl groups excluding tert-OH is 1. The number of likely N-dealkylation sites (tertiary alicyclic amines) is 1. The second kappa shape index (κ2) is 11.6. The minimum absolute atomic E-state index is 0.109. The van der Waals surface area contributed by atoms with Gasteiger partial charge in [0.25, 0.3) is 0 Å². The first-order valence-electron chi connectivity index (χ1n) is 14.2. The van der Waals surface area contributed by atoms with Gasteiger partial charge in [0.15, 0.2) is 11.9 Å². The molecule has 0 bridgehead atoms. The zero-order valence-corrected chi connectivity index (χ0v) is 23.8. The number of ether oxygens (including phenoxy) is 1. The molecule has 3 atom stereocenters. The van der Waals surface area contributed by atoms with E-state index in [4.69, 9.17) is 19.7 Å². The highest BCUT2D eigenvalue weighted by atomic mass is 19.1. The van der Waals surface area contributed by atoms with Crippen LogP contribution in [0.2, 0.25) is 0 Å². The van der Waals surface area contributed by atoms with Crippen LogP contribution >= 0.6 is 0 Å². The van der Waals surface area contributed by atoms with Crippen LogP contribution in [0.4, 0.5) is 10.2 Å². The molecule has 6 rings (SSSR count). The summed E-state index contributed by atoms with van der Waals surface area (Å²) in [5, 5.41) is 28.8. The van der Waals surface area contributed by atoms with Crippen LogP contribution in [0, 0.1) is 18.3 Å². The minimum atomic E-state index is -1.46. The molecule has 1 aromatic carbocycles. The van der Waals surface area contributed by atoms with E-state index in [1.54, 1.807) is 11.1 Å². The van der Waals surface area contributed by atoms with Crippen LogP contribution in [0.3, 0.4) is 0 Å². The van der Waals surface area contributed by atoms with Gasteiger partial charge in [-0.05, 0) is 57.1 Å². The average molecular weight is 572 g/mol. The van der Waals surface area contributed by atoms with E-state index in [9.17, 15) is 14.8 Å². The third-order valence-corrected chi connectivity index (χ3v) is 8.43. The van der Waals surface area contributed by atoms with Gasteiger partial charge in [-0.25, -0.2) is 9.37 Å². The molecule has 2 aliphatic rings. The van der Waals surface area contributed by atoms with E-state index in [1.807, 2.05) is 36.1 Å². The molecular formula is C30H34FN9O2. The van der Waals surface area contributed by atoms with Crippen molar-refractivity contribution in [1.82, 2.24) is 34.9 Å². The number of pyridine rings is 1. The Morgan fingerprint density at radius 1 is 1.19 bits per heavy atom. The van der Waals surface area contributed by atoms with Crippen LogP contribution in [0.5, 0.6) is 6.01 Å². The number of halogens is 1. The molecule has 2 aliphatic heterocycles. The highest BCUT2D eigenvalue weighted by molar-refractivity contribution is 5.97. The molecule has 5 heterocycles. The van der Waals surface area contributed by atoms with E-state index in [-0.39, 0.29) is 18.5 Å². The second-order valence-corrected chi connectivity index (χ2v) is 11.1. The lowest BCUT2D eigenvalue weighted by Gasteiger charge is -2.42. The number of rotatable bonds is 8. The van der Waals surface area contributed by atoms with Crippen molar-refractivity contribution >= 4 is 27.8 Å². The van der Waals surface area contributed by atoms with Crippen LogP contribution in [0.25, 0.3) is 33.2 Å². The van der Waals surface area contributed by atoms with E-state index in [0.717, 1.165) is 52.5 Å². The van der Waals surface area contributed by atoms with Crippen LogP contribution < -0.4 is 9.64 Å². The Bertz CT molecular complexity index is 1670. The minimum Gasteiger partial charge on any atom is -0.462 e. The van der Waals surface area contributed by atoms with Gasteiger partial charge in [-0.15, -0.1) is 0 Å². The maximum atomic E-state index is 13.9. The van der Waals surface area contributed by atoms with E-state index < -0.39 is 18.1 Å². The van der Waals surface area contributed by atoms with E-state index >= 15 is 0 Å². The van der Waals surface area contributed by atoms with Crippen molar-refractivity contribution in [2.45, 2.75) is 44.5 Å². The second-order valence-electron chi connectivity index (χ2n) is 11.1. The largest absolute Gasteiger partial charge is 0.462 e. The monoisotopic (exact) mass is 571 g/mol. The van der Waals surface area contributed by atoms with E-state index in [0.29, 0.717) is 37.7 Å².